The molecule has 0 aliphatic heterocycles. The van der Waals surface area contributed by atoms with E-state index >= 15 is 0 Å². The Balaban J connectivity index is 2.71. The topological polar surface area (TPSA) is 0 Å². The van der Waals surface area contributed by atoms with E-state index in [1.807, 2.05) is 6.08 Å². The van der Waals surface area contributed by atoms with Crippen LogP contribution in [-0.4, -0.2) is 0 Å². The average Bonchev–Trinajstić information content (AvgIpc) is 1.30. The smallest absolute Gasteiger partial charge is 0.0100 e. The maximum atomic E-state index is 3.67. The molecule has 0 unspecified atom stereocenters. The van der Waals surface area contributed by atoms with Gasteiger partial charge in [-0.05, 0) is 6.42 Å². The van der Waals surface area contributed by atoms with Crippen LogP contribution in [0.4, 0.5) is 0 Å². The second-order valence-corrected chi connectivity index (χ2v) is 1.26. The third-order valence-electron chi connectivity index (χ3n) is 0.734. The Hall–Kier alpha value is -0.520. The summed E-state index contributed by atoms with van der Waals surface area (Å²) in [5.74, 6) is 0. The lowest BCUT2D eigenvalue weighted by molar-refractivity contribution is 1.21. The largest absolute Gasteiger partial charge is 0.0955 e. The predicted octanol–water partition coefficient (Wildman–Crippen LogP) is 1.50. The van der Waals surface area contributed by atoms with Gasteiger partial charge in [0.2, 0.25) is 0 Å². The van der Waals surface area contributed by atoms with Crippen molar-refractivity contribution in [1.29, 1.82) is 0 Å². The molecule has 0 N–H and O–H groups in total. The number of hydrogen-bond acceptors (Lipinski definition) is 0. The maximum absolute atomic E-state index is 3.67. The monoisotopic (exact) mass is 66.0 g/mol. The molecule has 5 heavy (non-hydrogen) atoms. The summed E-state index contributed by atoms with van der Waals surface area (Å²) in [6.45, 7) is 3.67. The molecule has 0 saturated carbocycles. The van der Waals surface area contributed by atoms with Crippen LogP contribution in [0.3, 0.4) is 0 Å². The molecule has 0 heteroatoms. The van der Waals surface area contributed by atoms with Crippen LogP contribution in [0.5, 0.6) is 0 Å². The van der Waals surface area contributed by atoms with E-state index in [2.05, 4.69) is 12.7 Å². The first-order valence-electron chi connectivity index (χ1n) is 1.74. The van der Waals surface area contributed by atoms with Gasteiger partial charge in [-0.15, -0.1) is 0 Å². The van der Waals surface area contributed by atoms with Crippen molar-refractivity contribution in [1.82, 2.24) is 0 Å². The molecule has 0 spiro atoms. The van der Waals surface area contributed by atoms with Crippen molar-refractivity contribution >= 4 is 0 Å². The first kappa shape index (κ1) is 2.70. The summed E-state index contributed by atoms with van der Waals surface area (Å²) in [7, 11) is 0. The summed E-state index contributed by atoms with van der Waals surface area (Å²) in [6.07, 6.45) is 5.24. The molecule has 1 rings (SSSR count). The van der Waals surface area contributed by atoms with Crippen molar-refractivity contribution in [2.75, 3.05) is 0 Å². The highest BCUT2D eigenvalue weighted by Crippen LogP contribution is 2.10. The van der Waals surface area contributed by atoms with Gasteiger partial charge >= 0.3 is 0 Å². The van der Waals surface area contributed by atoms with Gasteiger partial charge < -0.3 is 0 Å². The van der Waals surface area contributed by atoms with Gasteiger partial charge in [0, 0.05) is 0 Å². The van der Waals surface area contributed by atoms with Crippen LogP contribution < -0.4 is 0 Å². The highest BCUT2D eigenvalue weighted by Gasteiger charge is 1.90. The Kier molecular flexibility index (Phi) is 0.385. The summed E-state index contributed by atoms with van der Waals surface area (Å²) in [4.78, 5) is 0. The summed E-state index contributed by atoms with van der Waals surface area (Å²) in [6, 6.07) is 0. The molecule has 0 bridgehead atoms. The lowest BCUT2D eigenvalue weighted by atomic mass is 10.1. The van der Waals surface area contributed by atoms with Crippen molar-refractivity contribution in [2.45, 2.75) is 6.42 Å². The quantitative estimate of drug-likeness (QED) is 0.402. The zero-order chi connectivity index (χ0) is 3.70. The van der Waals surface area contributed by atoms with Gasteiger partial charge in [0.05, 0.1) is 0 Å². The molecule has 1 aliphatic carbocycles. The fraction of sp³-hybridized carbons (Fsp3) is 0.200. The van der Waals surface area contributed by atoms with E-state index in [4.69, 9.17) is 0 Å². The van der Waals surface area contributed by atoms with E-state index in [0.29, 0.717) is 0 Å². The molecule has 0 atom stereocenters. The van der Waals surface area contributed by atoms with Gasteiger partial charge in [-0.2, -0.15) is 0 Å². The summed E-state index contributed by atoms with van der Waals surface area (Å²) >= 11 is 0. The van der Waals surface area contributed by atoms with Crippen molar-refractivity contribution < 1.29 is 0 Å². The number of allylic oxidation sites excluding steroid dienone is 3. The molecule has 0 aromatic carbocycles. The van der Waals surface area contributed by atoms with Gasteiger partial charge in [-0.3, -0.25) is 0 Å². The van der Waals surface area contributed by atoms with E-state index < -0.39 is 0 Å². The van der Waals surface area contributed by atoms with Crippen molar-refractivity contribution in [3.8, 4) is 0 Å². The lowest BCUT2D eigenvalue weighted by Crippen LogP contribution is -1.79. The van der Waals surface area contributed by atoms with Crippen LogP contribution in [0.2, 0.25) is 0 Å². The van der Waals surface area contributed by atoms with E-state index in [-0.39, 0.29) is 0 Å². The molecule has 0 saturated heterocycles. The van der Waals surface area contributed by atoms with Gasteiger partial charge in [0.25, 0.3) is 0 Å². The third-order valence-corrected chi connectivity index (χ3v) is 0.734. The molecule has 0 aromatic rings. The zero-order valence-electron chi connectivity index (χ0n) is 3.07. The standard InChI is InChI=1S/C5H6/c1-5-3-2-4-5/h2-3H,1,4H2. The highest BCUT2D eigenvalue weighted by atomic mass is 14.0. The fourth-order valence-electron chi connectivity index (χ4n) is 0.285. The van der Waals surface area contributed by atoms with Crippen LogP contribution in [0.15, 0.2) is 24.3 Å². The van der Waals surface area contributed by atoms with Crippen LogP contribution >= 0.6 is 0 Å². The predicted molar refractivity (Wildman–Crippen MR) is 22.9 cm³/mol. The Labute approximate surface area is 31.8 Å². The highest BCUT2D eigenvalue weighted by molar-refractivity contribution is 5.27. The van der Waals surface area contributed by atoms with Crippen molar-refractivity contribution in [3.05, 3.63) is 24.3 Å². The molecular formula is C5H6. The van der Waals surface area contributed by atoms with E-state index in [1.54, 1.807) is 0 Å². The molecule has 26 valence electrons. The van der Waals surface area contributed by atoms with Crippen LogP contribution in [0.25, 0.3) is 0 Å². The Morgan fingerprint density at radius 2 is 2.20 bits per heavy atom. The van der Waals surface area contributed by atoms with Crippen LogP contribution in [-0.2, 0) is 0 Å². The van der Waals surface area contributed by atoms with Crippen LogP contribution in [0.1, 0.15) is 6.42 Å². The SMILES string of the molecule is C=C1C=CC1. The first-order chi connectivity index (χ1) is 2.39. The molecule has 0 heterocycles. The molecular weight excluding hydrogens is 60.1 g/mol. The Morgan fingerprint density at radius 1 is 1.80 bits per heavy atom. The summed E-state index contributed by atoms with van der Waals surface area (Å²) in [5, 5.41) is 0. The molecule has 0 fully saturated rings. The molecule has 1 aliphatic rings. The van der Waals surface area contributed by atoms with Gasteiger partial charge in [0.15, 0.2) is 0 Å². The van der Waals surface area contributed by atoms with Crippen molar-refractivity contribution in [2.24, 2.45) is 0 Å². The summed E-state index contributed by atoms with van der Waals surface area (Å²) in [5.41, 5.74) is 1.25. The van der Waals surface area contributed by atoms with Crippen LogP contribution in [0, 0.1) is 0 Å². The second kappa shape index (κ2) is 0.713. The maximum Gasteiger partial charge on any atom is -0.0100 e. The molecule has 0 aromatic heterocycles. The number of rotatable bonds is 0. The normalized spacial score (nSPS) is 18.8. The average molecular weight is 66.1 g/mol. The Bertz CT molecular complexity index is 78.0. The van der Waals surface area contributed by atoms with Gasteiger partial charge in [0.1, 0.15) is 0 Å². The van der Waals surface area contributed by atoms with Crippen molar-refractivity contribution in [3.63, 3.8) is 0 Å². The number of hydrogen-bond donors (Lipinski definition) is 0. The fourth-order valence-corrected chi connectivity index (χ4v) is 0.285. The summed E-state index contributed by atoms with van der Waals surface area (Å²) < 4.78 is 0. The third kappa shape index (κ3) is 0.254. The minimum Gasteiger partial charge on any atom is -0.0955 e. The first-order valence-corrected chi connectivity index (χ1v) is 1.74. The lowest BCUT2D eigenvalue weighted by Gasteiger charge is -1.99. The van der Waals surface area contributed by atoms with Gasteiger partial charge in [-0.25, -0.2) is 0 Å². The second-order valence-electron chi connectivity index (χ2n) is 1.26. The molecule has 0 nitrogen and oxygen atoms in total. The van der Waals surface area contributed by atoms with Gasteiger partial charge in [-0.1, -0.05) is 24.3 Å². The minimum atomic E-state index is 1.11. The minimum absolute atomic E-state index is 1.11. The van der Waals surface area contributed by atoms with E-state index in [0.717, 1.165) is 6.42 Å². The molecule has 0 radical (unpaired) electrons. The van der Waals surface area contributed by atoms with E-state index in [1.165, 1.54) is 5.57 Å². The van der Waals surface area contributed by atoms with E-state index in [9.17, 15) is 0 Å². The molecule has 0 amide bonds. The Morgan fingerprint density at radius 3 is 2.20 bits per heavy atom. The zero-order valence-corrected chi connectivity index (χ0v) is 3.07.